The SMILES string of the molecule is CCOc1cc(-c2nc3ccccc3s2)ccc1Oc1ccc([N+](=O)[O-])cc1[N+](=O)[O-]. The molecule has 4 aromatic rings. The van der Waals surface area contributed by atoms with Crippen LogP contribution in [0.3, 0.4) is 0 Å². The zero-order valence-electron chi connectivity index (χ0n) is 16.2. The molecule has 0 aliphatic rings. The van der Waals surface area contributed by atoms with E-state index in [1.807, 2.05) is 31.2 Å². The van der Waals surface area contributed by atoms with Gasteiger partial charge < -0.3 is 9.47 Å². The molecule has 0 unspecified atom stereocenters. The molecule has 0 radical (unpaired) electrons. The highest BCUT2D eigenvalue weighted by atomic mass is 32.1. The Morgan fingerprint density at radius 2 is 1.71 bits per heavy atom. The molecular formula is C21H15N3O6S. The maximum absolute atomic E-state index is 11.4. The van der Waals surface area contributed by atoms with Gasteiger partial charge in [-0.05, 0) is 43.3 Å². The van der Waals surface area contributed by atoms with Gasteiger partial charge in [0.05, 0.1) is 32.7 Å². The first-order chi connectivity index (χ1) is 15.0. The van der Waals surface area contributed by atoms with Crippen LogP contribution in [-0.2, 0) is 0 Å². The third kappa shape index (κ3) is 4.14. The number of nitro groups is 2. The van der Waals surface area contributed by atoms with Crippen LogP contribution in [0.25, 0.3) is 20.8 Å². The molecule has 0 amide bonds. The molecule has 0 saturated carbocycles. The van der Waals surface area contributed by atoms with Gasteiger partial charge in [0, 0.05) is 11.6 Å². The summed E-state index contributed by atoms with van der Waals surface area (Å²) in [5.74, 6) is 0.514. The highest BCUT2D eigenvalue weighted by Crippen LogP contribution is 2.41. The number of nitro benzene ring substituents is 2. The van der Waals surface area contributed by atoms with Crippen molar-refractivity contribution in [3.8, 4) is 27.8 Å². The zero-order valence-corrected chi connectivity index (χ0v) is 17.0. The molecule has 10 heteroatoms. The zero-order chi connectivity index (χ0) is 22.0. The predicted molar refractivity (Wildman–Crippen MR) is 116 cm³/mol. The first-order valence-corrected chi connectivity index (χ1v) is 10.0. The van der Waals surface area contributed by atoms with Gasteiger partial charge in [0.2, 0.25) is 5.75 Å². The molecule has 0 N–H and O–H groups in total. The number of benzene rings is 3. The summed E-state index contributed by atoms with van der Waals surface area (Å²) >= 11 is 1.54. The van der Waals surface area contributed by atoms with Crippen molar-refractivity contribution in [2.45, 2.75) is 6.92 Å². The molecular weight excluding hydrogens is 422 g/mol. The highest BCUT2D eigenvalue weighted by molar-refractivity contribution is 7.21. The van der Waals surface area contributed by atoms with Gasteiger partial charge in [0.1, 0.15) is 5.01 Å². The van der Waals surface area contributed by atoms with Crippen LogP contribution in [0.2, 0.25) is 0 Å². The number of para-hydroxylation sites is 1. The van der Waals surface area contributed by atoms with Crippen molar-refractivity contribution in [1.82, 2.24) is 4.98 Å². The lowest BCUT2D eigenvalue weighted by molar-refractivity contribution is -0.394. The second-order valence-corrected chi connectivity index (χ2v) is 7.38. The smallest absolute Gasteiger partial charge is 0.318 e. The van der Waals surface area contributed by atoms with E-state index >= 15 is 0 Å². The molecule has 9 nitrogen and oxygen atoms in total. The quantitative estimate of drug-likeness (QED) is 0.258. The van der Waals surface area contributed by atoms with E-state index in [2.05, 4.69) is 4.98 Å². The van der Waals surface area contributed by atoms with E-state index in [9.17, 15) is 20.2 Å². The Balaban J connectivity index is 1.72. The van der Waals surface area contributed by atoms with E-state index in [1.54, 1.807) is 18.2 Å². The lowest BCUT2D eigenvalue weighted by atomic mass is 10.2. The van der Waals surface area contributed by atoms with E-state index in [4.69, 9.17) is 9.47 Å². The summed E-state index contributed by atoms with van der Waals surface area (Å²) < 4.78 is 12.5. The summed E-state index contributed by atoms with van der Waals surface area (Å²) in [6.45, 7) is 2.16. The second-order valence-electron chi connectivity index (χ2n) is 6.35. The van der Waals surface area contributed by atoms with Crippen LogP contribution in [0.5, 0.6) is 17.2 Å². The Labute approximate surface area is 179 Å². The van der Waals surface area contributed by atoms with Crippen molar-refractivity contribution >= 4 is 32.9 Å². The fraction of sp³-hybridized carbons (Fsp3) is 0.0952. The lowest BCUT2D eigenvalue weighted by Gasteiger charge is -2.12. The highest BCUT2D eigenvalue weighted by Gasteiger charge is 2.22. The van der Waals surface area contributed by atoms with Crippen molar-refractivity contribution in [2.24, 2.45) is 0 Å². The number of fused-ring (bicyclic) bond motifs is 1. The maximum Gasteiger partial charge on any atom is 0.318 e. The third-order valence-electron chi connectivity index (χ3n) is 4.35. The number of ether oxygens (including phenoxy) is 2. The van der Waals surface area contributed by atoms with E-state index in [0.29, 0.717) is 12.4 Å². The van der Waals surface area contributed by atoms with Gasteiger partial charge >= 0.3 is 5.69 Å². The maximum atomic E-state index is 11.4. The Morgan fingerprint density at radius 3 is 2.42 bits per heavy atom. The Hall–Kier alpha value is -4.05. The molecule has 1 aromatic heterocycles. The van der Waals surface area contributed by atoms with Gasteiger partial charge in [-0.15, -0.1) is 11.3 Å². The van der Waals surface area contributed by atoms with Gasteiger partial charge in [-0.3, -0.25) is 20.2 Å². The number of aromatic nitrogens is 1. The first-order valence-electron chi connectivity index (χ1n) is 9.19. The largest absolute Gasteiger partial charge is 0.490 e. The minimum atomic E-state index is -0.724. The molecule has 0 spiro atoms. The average molecular weight is 437 g/mol. The van der Waals surface area contributed by atoms with Crippen molar-refractivity contribution in [3.63, 3.8) is 0 Å². The van der Waals surface area contributed by atoms with Gasteiger partial charge in [-0.2, -0.15) is 0 Å². The van der Waals surface area contributed by atoms with Crippen molar-refractivity contribution < 1.29 is 19.3 Å². The van der Waals surface area contributed by atoms with E-state index in [-0.39, 0.29) is 11.5 Å². The average Bonchev–Trinajstić information content (AvgIpc) is 3.19. The van der Waals surface area contributed by atoms with Crippen molar-refractivity contribution in [3.05, 3.63) is 80.9 Å². The summed E-state index contributed by atoms with van der Waals surface area (Å²) in [4.78, 5) is 25.5. The van der Waals surface area contributed by atoms with Gasteiger partial charge in [-0.1, -0.05) is 12.1 Å². The fourth-order valence-corrected chi connectivity index (χ4v) is 3.92. The molecule has 1 heterocycles. The van der Waals surface area contributed by atoms with Gasteiger partial charge in [-0.25, -0.2) is 4.98 Å². The summed E-state index contributed by atoms with van der Waals surface area (Å²) in [7, 11) is 0. The molecule has 0 saturated heterocycles. The molecule has 0 aliphatic heterocycles. The summed E-state index contributed by atoms with van der Waals surface area (Å²) in [6.07, 6.45) is 0. The lowest BCUT2D eigenvalue weighted by Crippen LogP contribution is -1.99. The fourth-order valence-electron chi connectivity index (χ4n) is 2.96. The van der Waals surface area contributed by atoms with Crippen LogP contribution in [0, 0.1) is 20.2 Å². The number of thiazole rings is 1. The van der Waals surface area contributed by atoms with Crippen LogP contribution in [0.1, 0.15) is 6.92 Å². The van der Waals surface area contributed by atoms with Crippen LogP contribution < -0.4 is 9.47 Å². The molecule has 4 rings (SSSR count). The molecule has 156 valence electrons. The molecule has 0 bridgehead atoms. The van der Waals surface area contributed by atoms with Gasteiger partial charge in [0.15, 0.2) is 11.5 Å². The Kier molecular flexibility index (Phi) is 5.46. The molecule has 0 fully saturated rings. The minimum Gasteiger partial charge on any atom is -0.490 e. The monoisotopic (exact) mass is 437 g/mol. The van der Waals surface area contributed by atoms with Crippen LogP contribution in [0.4, 0.5) is 11.4 Å². The predicted octanol–water partition coefficient (Wildman–Crippen LogP) is 5.97. The number of hydrogen-bond acceptors (Lipinski definition) is 8. The summed E-state index contributed by atoms with van der Waals surface area (Å²) in [5, 5.41) is 23.1. The molecule has 0 aliphatic carbocycles. The molecule has 3 aromatic carbocycles. The normalized spacial score (nSPS) is 10.7. The molecule has 0 atom stereocenters. The van der Waals surface area contributed by atoms with Crippen molar-refractivity contribution in [2.75, 3.05) is 6.61 Å². The molecule has 31 heavy (non-hydrogen) atoms. The first kappa shape index (κ1) is 20.2. The Bertz CT molecular complexity index is 1270. The van der Waals surface area contributed by atoms with Crippen LogP contribution in [-0.4, -0.2) is 21.4 Å². The van der Waals surface area contributed by atoms with Crippen LogP contribution >= 0.6 is 11.3 Å². The van der Waals surface area contributed by atoms with Gasteiger partial charge in [0.25, 0.3) is 5.69 Å². The second kappa shape index (κ2) is 8.36. The number of nitrogens with zero attached hydrogens (tertiary/aromatic N) is 3. The minimum absolute atomic E-state index is 0.121. The summed E-state index contributed by atoms with van der Waals surface area (Å²) in [5.41, 5.74) is 0.805. The Morgan fingerprint density at radius 1 is 0.935 bits per heavy atom. The summed E-state index contributed by atoms with van der Waals surface area (Å²) in [6, 6.07) is 16.2. The standard InChI is InChI=1S/C21H15N3O6S/c1-2-29-19-11-13(21-22-15-5-3-4-6-20(15)31-21)7-9-18(19)30-17-10-8-14(23(25)26)12-16(17)24(27)28/h3-12H,2H2,1H3. The topological polar surface area (TPSA) is 118 Å². The van der Waals surface area contributed by atoms with Crippen molar-refractivity contribution in [1.29, 1.82) is 0 Å². The third-order valence-corrected chi connectivity index (χ3v) is 5.44. The van der Waals surface area contributed by atoms with E-state index in [1.165, 1.54) is 17.4 Å². The number of hydrogen-bond donors (Lipinski definition) is 0. The number of non-ortho nitro benzene ring substituents is 1. The van der Waals surface area contributed by atoms with E-state index < -0.39 is 21.2 Å². The number of rotatable bonds is 7. The van der Waals surface area contributed by atoms with Crippen LogP contribution in [0.15, 0.2) is 60.7 Å². The van der Waals surface area contributed by atoms with E-state index in [0.717, 1.165) is 32.9 Å².